The van der Waals surface area contributed by atoms with Gasteiger partial charge in [-0.25, -0.2) is 0 Å². The Balaban J connectivity index is 0.804. The molecule has 1 saturated heterocycles. The minimum atomic E-state index is 0.297. The highest BCUT2D eigenvalue weighted by atomic mass is 16.4. The second-order valence-corrected chi connectivity index (χ2v) is 19.5. The molecule has 7 saturated carbocycles. The van der Waals surface area contributed by atoms with Crippen molar-refractivity contribution in [3.05, 3.63) is 36.3 Å². The van der Waals surface area contributed by atoms with Crippen LogP contribution in [0.25, 0.3) is 0 Å². The van der Waals surface area contributed by atoms with Crippen LogP contribution in [0.5, 0.6) is 0 Å². The molecule has 1 aliphatic heterocycles. The van der Waals surface area contributed by atoms with E-state index in [4.69, 9.17) is 29.2 Å². The minimum Gasteiger partial charge on any atom is -0.425 e. The van der Waals surface area contributed by atoms with Gasteiger partial charge < -0.3 is 13.7 Å². The lowest BCUT2D eigenvalue weighted by Crippen LogP contribution is -2.36. The van der Waals surface area contributed by atoms with E-state index in [1.165, 1.54) is 128 Å². The predicted octanol–water partition coefficient (Wildman–Crippen LogP) is 10.5. The molecule has 7 aliphatic carbocycles. The summed E-state index contributed by atoms with van der Waals surface area (Å²) in [7, 11) is 0. The molecule has 3 heterocycles. The molecule has 8 fully saturated rings. The van der Waals surface area contributed by atoms with E-state index in [9.17, 15) is 0 Å². The molecule has 10 rings (SSSR count). The number of aromatic nitrogens is 4. The topological polar surface area (TPSA) is 81.1 Å². The summed E-state index contributed by atoms with van der Waals surface area (Å²) >= 11 is 0. The number of fused-ring (bicyclic) bond motifs is 7. The summed E-state index contributed by atoms with van der Waals surface area (Å²) in [4.78, 5) is 2.66. The van der Waals surface area contributed by atoms with Crippen molar-refractivity contribution in [2.75, 3.05) is 0 Å². The first-order valence-electron chi connectivity index (χ1n) is 21.5. The maximum absolute atomic E-state index is 6.71. The number of rotatable bonds is 5. The molecule has 7 heteroatoms. The smallest absolute Gasteiger partial charge is 0.219 e. The third-order valence-corrected chi connectivity index (χ3v) is 17.3. The third-order valence-electron chi connectivity index (χ3n) is 17.3. The molecule has 7 nitrogen and oxygen atoms in total. The molecule has 8 aliphatic rings. The normalized spacial score (nSPS) is 45.2. The second kappa shape index (κ2) is 12.7. The largest absolute Gasteiger partial charge is 0.425 e. The Hall–Kier alpha value is -2.18. The highest BCUT2D eigenvalue weighted by Crippen LogP contribution is 2.66. The average Bonchev–Trinajstić information content (AvgIpc) is 3.95. The quantitative estimate of drug-likeness (QED) is 0.311. The SMILES string of the molecule is C=CN1C2CCCCC2C2CC(c3nnc(C4CCC5C6CCC(c7nnc(C8CCCC9CCCCC98)o7)CC6C(C)(C)C5C4)o3)CCC21. The highest BCUT2D eigenvalue weighted by Gasteiger charge is 2.59. The summed E-state index contributed by atoms with van der Waals surface area (Å²) in [5.41, 5.74) is 0.297. The Morgan fingerprint density at radius 1 is 0.540 bits per heavy atom. The van der Waals surface area contributed by atoms with E-state index in [1.54, 1.807) is 0 Å². The van der Waals surface area contributed by atoms with Gasteiger partial charge in [0.05, 0.1) is 0 Å². The van der Waals surface area contributed by atoms with Gasteiger partial charge in [0.2, 0.25) is 23.6 Å². The van der Waals surface area contributed by atoms with Crippen molar-refractivity contribution in [2.45, 2.75) is 178 Å². The van der Waals surface area contributed by atoms with Gasteiger partial charge in [0.25, 0.3) is 0 Å². The molecule has 2 aromatic rings. The van der Waals surface area contributed by atoms with Crippen LogP contribution < -0.4 is 0 Å². The van der Waals surface area contributed by atoms with Gasteiger partial charge in [-0.15, -0.1) is 20.4 Å². The number of hydrogen-bond donors (Lipinski definition) is 0. The molecule has 0 N–H and O–H groups in total. The maximum Gasteiger partial charge on any atom is 0.219 e. The van der Waals surface area contributed by atoms with E-state index in [1.807, 2.05) is 0 Å². The van der Waals surface area contributed by atoms with Gasteiger partial charge in [-0.05, 0) is 142 Å². The molecule has 0 aromatic carbocycles. The first kappa shape index (κ1) is 32.5. The molecular weight excluding hydrogens is 619 g/mol. The van der Waals surface area contributed by atoms with Gasteiger partial charge in [-0.1, -0.05) is 65.4 Å². The Morgan fingerprint density at radius 3 is 1.78 bits per heavy atom. The standard InChI is InChI=1S/C43H63N5O2/c1-4-48-37-15-8-7-13-32(37)34-22-26(18-21-38(34)48)39-44-45-40(49-39)27-16-19-30-31-20-17-28(24-36(31)43(2,3)35(30)23-27)41-46-47-42(50-41)33-14-9-11-25-10-5-6-12-29(25)33/h4,25-38H,1,5-24H2,2-3H3. The Labute approximate surface area is 300 Å². The van der Waals surface area contributed by atoms with Gasteiger partial charge in [-0.2, -0.15) is 0 Å². The van der Waals surface area contributed by atoms with Gasteiger partial charge in [-0.3, -0.25) is 0 Å². The highest BCUT2D eigenvalue weighted by molar-refractivity contribution is 5.14. The van der Waals surface area contributed by atoms with Crippen LogP contribution in [0.1, 0.15) is 189 Å². The molecule has 0 spiro atoms. The molecule has 14 unspecified atom stereocenters. The number of likely N-dealkylation sites (tertiary alicyclic amines) is 1. The predicted molar refractivity (Wildman–Crippen MR) is 193 cm³/mol. The monoisotopic (exact) mass is 681 g/mol. The van der Waals surface area contributed by atoms with Crippen LogP contribution >= 0.6 is 0 Å². The van der Waals surface area contributed by atoms with Crippen molar-refractivity contribution >= 4 is 0 Å². The lowest BCUT2D eigenvalue weighted by atomic mass is 9.65. The van der Waals surface area contributed by atoms with E-state index < -0.39 is 0 Å². The summed E-state index contributed by atoms with van der Waals surface area (Å²) in [6.45, 7) is 9.42. The zero-order chi connectivity index (χ0) is 33.6. The summed E-state index contributed by atoms with van der Waals surface area (Å²) in [6, 6.07) is 1.39. The van der Waals surface area contributed by atoms with Gasteiger partial charge in [0.1, 0.15) is 0 Å². The van der Waals surface area contributed by atoms with Gasteiger partial charge in [0.15, 0.2) is 0 Å². The van der Waals surface area contributed by atoms with Crippen LogP contribution in [0, 0.1) is 52.8 Å². The number of nitrogens with zero attached hydrogens (tertiary/aromatic N) is 5. The van der Waals surface area contributed by atoms with Gasteiger partial charge in [0, 0.05) is 35.8 Å². The first-order valence-corrected chi connectivity index (χ1v) is 21.5. The van der Waals surface area contributed by atoms with Crippen LogP contribution in [0.4, 0.5) is 0 Å². The fourth-order valence-electron chi connectivity index (χ4n) is 15.0. The second-order valence-electron chi connectivity index (χ2n) is 19.5. The molecule has 50 heavy (non-hydrogen) atoms. The van der Waals surface area contributed by atoms with Crippen molar-refractivity contribution in [2.24, 2.45) is 52.8 Å². The van der Waals surface area contributed by atoms with Crippen molar-refractivity contribution in [3.63, 3.8) is 0 Å². The molecule has 14 atom stereocenters. The Morgan fingerprint density at radius 2 is 1.08 bits per heavy atom. The van der Waals surface area contributed by atoms with E-state index in [0.29, 0.717) is 41.2 Å². The van der Waals surface area contributed by atoms with Gasteiger partial charge >= 0.3 is 0 Å². The van der Waals surface area contributed by atoms with E-state index in [0.717, 1.165) is 70.9 Å². The molecule has 0 bridgehead atoms. The maximum atomic E-state index is 6.71. The Bertz CT molecular complexity index is 1530. The molecular formula is C43H63N5O2. The van der Waals surface area contributed by atoms with Crippen molar-refractivity contribution in [1.82, 2.24) is 25.3 Å². The third kappa shape index (κ3) is 5.22. The molecule has 0 amide bonds. The molecule has 0 radical (unpaired) electrons. The summed E-state index contributed by atoms with van der Waals surface area (Å²) in [5.74, 6) is 11.9. The molecule has 272 valence electrons. The first-order chi connectivity index (χ1) is 24.5. The van der Waals surface area contributed by atoms with Crippen LogP contribution in [0.2, 0.25) is 0 Å². The van der Waals surface area contributed by atoms with Crippen LogP contribution in [-0.4, -0.2) is 37.4 Å². The van der Waals surface area contributed by atoms with E-state index in [-0.39, 0.29) is 0 Å². The van der Waals surface area contributed by atoms with Crippen LogP contribution in [0.15, 0.2) is 21.6 Å². The minimum absolute atomic E-state index is 0.297. The summed E-state index contributed by atoms with van der Waals surface area (Å²) in [6.07, 6.45) is 28.3. The van der Waals surface area contributed by atoms with Crippen molar-refractivity contribution in [3.8, 4) is 0 Å². The van der Waals surface area contributed by atoms with Crippen LogP contribution in [0.3, 0.4) is 0 Å². The molecule has 2 aromatic heterocycles. The summed E-state index contributed by atoms with van der Waals surface area (Å²) < 4.78 is 13.4. The zero-order valence-electron chi connectivity index (χ0n) is 31.1. The summed E-state index contributed by atoms with van der Waals surface area (Å²) in [5, 5.41) is 19.2. The lowest BCUT2D eigenvalue weighted by Gasteiger charge is -2.40. The van der Waals surface area contributed by atoms with Crippen LogP contribution in [-0.2, 0) is 0 Å². The fraction of sp³-hybridized carbons (Fsp3) is 0.860. The van der Waals surface area contributed by atoms with Crippen molar-refractivity contribution < 1.29 is 8.83 Å². The van der Waals surface area contributed by atoms with E-state index in [2.05, 4.69) is 31.5 Å². The zero-order valence-corrected chi connectivity index (χ0v) is 31.1. The average molecular weight is 682 g/mol. The van der Waals surface area contributed by atoms with E-state index >= 15 is 0 Å². The lowest BCUT2D eigenvalue weighted by molar-refractivity contribution is 0.103. The fourth-order valence-corrected chi connectivity index (χ4v) is 15.0. The number of hydrogen-bond acceptors (Lipinski definition) is 7. The van der Waals surface area contributed by atoms with Crippen molar-refractivity contribution in [1.29, 1.82) is 0 Å². The Kier molecular flexibility index (Phi) is 8.28.